The maximum atomic E-state index is 13.7. The Morgan fingerprint density at radius 2 is 1.73 bits per heavy atom. The molecule has 0 bridgehead atoms. The molecule has 1 heterocycles. The predicted octanol–water partition coefficient (Wildman–Crippen LogP) is 7.78. The van der Waals surface area contributed by atoms with Gasteiger partial charge in [0.05, 0.1) is 21.8 Å². The Bertz CT molecular complexity index is 953. The monoisotopic (exact) mass is 490 g/mol. The number of nitrogens with zero attached hydrogens (tertiary/aromatic N) is 1. The molecule has 180 valence electrons. The molecular formula is C24H25ClF6N2. The van der Waals surface area contributed by atoms with E-state index in [1.807, 2.05) is 0 Å². The number of halogens is 7. The molecule has 0 aromatic carbocycles. The van der Waals surface area contributed by atoms with Crippen molar-refractivity contribution in [3.05, 3.63) is 101 Å². The maximum Gasteiger partial charge on any atom is 0.416 e. The van der Waals surface area contributed by atoms with E-state index in [0.29, 0.717) is 16.7 Å². The largest absolute Gasteiger partial charge is 0.416 e. The highest BCUT2D eigenvalue weighted by molar-refractivity contribution is 6.30. The Morgan fingerprint density at radius 1 is 1.09 bits per heavy atom. The van der Waals surface area contributed by atoms with E-state index in [1.165, 1.54) is 37.5 Å². The van der Waals surface area contributed by atoms with Crippen LogP contribution in [0.2, 0.25) is 5.02 Å². The van der Waals surface area contributed by atoms with Crippen LogP contribution in [-0.4, -0.2) is 24.4 Å². The molecule has 33 heavy (non-hydrogen) atoms. The molecule has 0 aliphatic carbocycles. The Hall–Kier alpha value is -2.58. The molecule has 1 N–H and O–H groups in total. The van der Waals surface area contributed by atoms with Gasteiger partial charge in [-0.2, -0.15) is 26.3 Å². The first-order valence-corrected chi connectivity index (χ1v) is 10.1. The fourth-order valence-corrected chi connectivity index (χ4v) is 3.23. The summed E-state index contributed by atoms with van der Waals surface area (Å²) in [5, 5.41) is 3.24. The lowest BCUT2D eigenvalue weighted by Crippen LogP contribution is -2.42. The van der Waals surface area contributed by atoms with Crippen LogP contribution in [0.1, 0.15) is 25.5 Å². The van der Waals surface area contributed by atoms with Crippen molar-refractivity contribution in [1.29, 1.82) is 0 Å². The minimum absolute atomic E-state index is 0.0394. The van der Waals surface area contributed by atoms with E-state index >= 15 is 0 Å². The number of allylic oxidation sites excluding steroid dienone is 6. The summed E-state index contributed by atoms with van der Waals surface area (Å²) in [7, 11) is 1.49. The third-order valence-electron chi connectivity index (χ3n) is 4.93. The number of alkyl halides is 6. The minimum atomic E-state index is -5.06. The molecule has 0 radical (unpaired) electrons. The first kappa shape index (κ1) is 28.5. The van der Waals surface area contributed by atoms with Gasteiger partial charge in [0.1, 0.15) is 0 Å². The van der Waals surface area contributed by atoms with Gasteiger partial charge in [-0.3, -0.25) is 4.98 Å². The first-order valence-electron chi connectivity index (χ1n) is 9.76. The topological polar surface area (TPSA) is 24.9 Å². The van der Waals surface area contributed by atoms with E-state index in [-0.39, 0.29) is 23.8 Å². The number of likely N-dealkylation sites (N-methyl/N-ethyl adjacent to an activating group) is 1. The molecule has 0 saturated carbocycles. The van der Waals surface area contributed by atoms with Crippen molar-refractivity contribution in [3.8, 4) is 0 Å². The van der Waals surface area contributed by atoms with E-state index < -0.39 is 35.5 Å². The van der Waals surface area contributed by atoms with Crippen molar-refractivity contribution < 1.29 is 26.3 Å². The molecule has 1 aromatic rings. The molecule has 0 spiro atoms. The lowest BCUT2D eigenvalue weighted by molar-refractivity contribution is -0.0970. The first-order chi connectivity index (χ1) is 15.2. The average molecular weight is 491 g/mol. The van der Waals surface area contributed by atoms with Crippen LogP contribution in [0.3, 0.4) is 0 Å². The van der Waals surface area contributed by atoms with Crippen LogP contribution >= 0.6 is 11.6 Å². The fraction of sp³-hybridized carbons (Fsp3) is 0.292. The lowest BCUT2D eigenvalue weighted by atomic mass is 9.79. The number of pyridine rings is 1. The van der Waals surface area contributed by atoms with Gasteiger partial charge in [0.15, 0.2) is 0 Å². The van der Waals surface area contributed by atoms with Crippen molar-refractivity contribution in [1.82, 2.24) is 10.3 Å². The van der Waals surface area contributed by atoms with Gasteiger partial charge in [-0.25, -0.2) is 0 Å². The van der Waals surface area contributed by atoms with E-state index in [1.54, 1.807) is 6.08 Å². The Labute approximate surface area is 194 Å². The summed E-state index contributed by atoms with van der Waals surface area (Å²) < 4.78 is 80.7. The van der Waals surface area contributed by atoms with Crippen LogP contribution in [0.15, 0.2) is 90.7 Å². The molecule has 0 saturated heterocycles. The molecule has 0 aliphatic rings. The quantitative estimate of drug-likeness (QED) is 0.267. The Kier molecular flexibility index (Phi) is 9.93. The van der Waals surface area contributed by atoms with Gasteiger partial charge >= 0.3 is 12.4 Å². The van der Waals surface area contributed by atoms with Crippen molar-refractivity contribution >= 4 is 11.6 Å². The van der Waals surface area contributed by atoms with Gasteiger partial charge in [0, 0.05) is 18.2 Å². The minimum Gasteiger partial charge on any atom is -0.305 e. The second-order valence-corrected chi connectivity index (χ2v) is 7.46. The van der Waals surface area contributed by atoms with Crippen LogP contribution in [0.25, 0.3) is 0 Å². The van der Waals surface area contributed by atoms with Crippen molar-refractivity contribution in [2.75, 3.05) is 7.05 Å². The van der Waals surface area contributed by atoms with Gasteiger partial charge in [-0.05, 0) is 48.9 Å². The van der Waals surface area contributed by atoms with Gasteiger partial charge in [-0.15, -0.1) is 0 Å². The highest BCUT2D eigenvalue weighted by Crippen LogP contribution is 2.39. The van der Waals surface area contributed by atoms with Crippen molar-refractivity contribution in [2.24, 2.45) is 0 Å². The Morgan fingerprint density at radius 3 is 2.12 bits per heavy atom. The van der Waals surface area contributed by atoms with E-state index in [2.05, 4.69) is 30.0 Å². The third kappa shape index (κ3) is 7.47. The number of nitrogens with one attached hydrogen (secondary N) is 1. The van der Waals surface area contributed by atoms with Gasteiger partial charge < -0.3 is 5.32 Å². The van der Waals surface area contributed by atoms with Gasteiger partial charge in [-0.1, -0.05) is 56.5 Å². The molecule has 1 unspecified atom stereocenters. The van der Waals surface area contributed by atoms with Crippen molar-refractivity contribution in [3.63, 3.8) is 0 Å². The lowest BCUT2D eigenvalue weighted by Gasteiger charge is -2.35. The molecular weight excluding hydrogens is 466 g/mol. The highest BCUT2D eigenvalue weighted by Gasteiger charge is 2.40. The summed E-state index contributed by atoms with van der Waals surface area (Å²) in [6.07, 6.45) is -3.95. The molecule has 1 atom stereocenters. The number of aromatic nitrogens is 1. The fourth-order valence-electron chi connectivity index (χ4n) is 3.12. The number of rotatable bonds is 10. The molecule has 0 aliphatic heterocycles. The summed E-state index contributed by atoms with van der Waals surface area (Å²) in [6.45, 7) is 12.2. The summed E-state index contributed by atoms with van der Waals surface area (Å²) in [6, 6.07) is 3.00. The van der Waals surface area contributed by atoms with E-state index in [0.717, 1.165) is 6.92 Å². The highest BCUT2D eigenvalue weighted by atomic mass is 35.5. The number of hydrogen-bond acceptors (Lipinski definition) is 2. The summed E-state index contributed by atoms with van der Waals surface area (Å²) >= 11 is 5.91. The summed E-state index contributed by atoms with van der Waals surface area (Å²) in [5.41, 5.74) is -3.51. The number of hydrogen-bond donors (Lipinski definition) is 1. The van der Waals surface area contributed by atoms with Crippen LogP contribution in [-0.2, 0) is 5.54 Å². The predicted molar refractivity (Wildman–Crippen MR) is 121 cm³/mol. The zero-order valence-electron chi connectivity index (χ0n) is 18.2. The molecule has 2 nitrogen and oxygen atoms in total. The molecule has 0 fully saturated rings. The second kappa shape index (κ2) is 11.5. The zero-order valence-corrected chi connectivity index (χ0v) is 19.0. The standard InChI is InChI=1S/C24H25ClF6N2/c1-6-9-17(7-2)14-22(32-5,21-11-10-20(25)15-33-21)16(4)12-19(24(29,30)31)13-18(8-3)23(26,27)28/h6-7,9-13,15,32H,1-2,4,8,14H2,3,5H3/b17-9+,18-13+,19-12+. The van der Waals surface area contributed by atoms with Crippen LogP contribution in [0.5, 0.6) is 0 Å². The third-order valence-corrected chi connectivity index (χ3v) is 5.16. The smallest absolute Gasteiger partial charge is 0.305 e. The molecule has 1 rings (SSSR count). The maximum absolute atomic E-state index is 13.7. The summed E-state index contributed by atoms with van der Waals surface area (Å²) in [5.74, 6) is 0. The van der Waals surface area contributed by atoms with Crippen LogP contribution in [0.4, 0.5) is 26.3 Å². The Balaban J connectivity index is 3.82. The molecule has 1 aromatic heterocycles. The van der Waals surface area contributed by atoms with Crippen LogP contribution < -0.4 is 5.32 Å². The van der Waals surface area contributed by atoms with E-state index in [9.17, 15) is 26.3 Å². The molecule has 9 heteroatoms. The van der Waals surface area contributed by atoms with Crippen molar-refractivity contribution in [2.45, 2.75) is 37.7 Å². The summed E-state index contributed by atoms with van der Waals surface area (Å²) in [4.78, 5) is 4.23. The molecule has 0 amide bonds. The second-order valence-electron chi connectivity index (χ2n) is 7.02. The van der Waals surface area contributed by atoms with Crippen LogP contribution in [0, 0.1) is 0 Å². The van der Waals surface area contributed by atoms with E-state index in [4.69, 9.17) is 11.6 Å². The normalized spacial score (nSPS) is 15.7. The van der Waals surface area contributed by atoms with Gasteiger partial charge in [0.25, 0.3) is 0 Å². The average Bonchev–Trinajstić information content (AvgIpc) is 2.73. The zero-order chi connectivity index (χ0) is 25.4. The SMILES string of the molecule is C=C/C=C(\C=C)CC(NC)(C(=C)/C=C(\C=C(/CC)C(F)(F)F)C(F)(F)F)c1ccc(Cl)cn1. The van der Waals surface area contributed by atoms with Gasteiger partial charge in [0.2, 0.25) is 0 Å².